The molecule has 3 unspecified atom stereocenters. The quantitative estimate of drug-likeness (QED) is 0.788. The van der Waals surface area contributed by atoms with Crippen LogP contribution in [-0.2, 0) is 0 Å². The first-order valence-electron chi connectivity index (χ1n) is 5.59. The lowest BCUT2D eigenvalue weighted by molar-refractivity contribution is 0.133. The predicted octanol–water partition coefficient (Wildman–Crippen LogP) is 1.66. The number of aromatic nitrogens is 1. The first-order chi connectivity index (χ1) is 7.24. The molecule has 1 saturated heterocycles. The van der Waals surface area contributed by atoms with E-state index in [9.17, 15) is 5.11 Å². The lowest BCUT2D eigenvalue weighted by Crippen LogP contribution is -2.24. The van der Waals surface area contributed by atoms with Crippen LogP contribution in [0.25, 0.3) is 0 Å². The highest BCUT2D eigenvalue weighted by atomic mass is 32.1. The lowest BCUT2D eigenvalue weighted by Gasteiger charge is -2.16. The van der Waals surface area contributed by atoms with Gasteiger partial charge in [-0.3, -0.25) is 0 Å². The summed E-state index contributed by atoms with van der Waals surface area (Å²) in [6.07, 6.45) is 2.12. The smallest absolute Gasteiger partial charge is 0.185 e. The summed E-state index contributed by atoms with van der Waals surface area (Å²) >= 11 is 1.72. The van der Waals surface area contributed by atoms with Crippen LogP contribution in [0.1, 0.15) is 18.5 Å². The molecule has 15 heavy (non-hydrogen) atoms. The van der Waals surface area contributed by atoms with Crippen molar-refractivity contribution in [2.75, 3.05) is 18.0 Å². The normalized spacial score (nSPS) is 34.8. The number of rotatable bonds is 1. The summed E-state index contributed by atoms with van der Waals surface area (Å²) in [7, 11) is 0. The van der Waals surface area contributed by atoms with E-state index in [1.54, 1.807) is 11.3 Å². The van der Waals surface area contributed by atoms with E-state index in [0.717, 1.165) is 30.3 Å². The molecule has 0 amide bonds. The van der Waals surface area contributed by atoms with Gasteiger partial charge in [0.1, 0.15) is 0 Å². The van der Waals surface area contributed by atoms with Crippen LogP contribution in [0.5, 0.6) is 0 Å². The minimum Gasteiger partial charge on any atom is -0.393 e. The Hall–Kier alpha value is -0.610. The average Bonchev–Trinajstić information content (AvgIpc) is 2.84. The average molecular weight is 224 g/mol. The van der Waals surface area contributed by atoms with Gasteiger partial charge in [-0.2, -0.15) is 0 Å². The maximum atomic E-state index is 9.83. The maximum absolute atomic E-state index is 9.83. The molecule has 2 fully saturated rings. The Bertz CT molecular complexity index is 365. The van der Waals surface area contributed by atoms with Crippen LogP contribution in [-0.4, -0.2) is 29.3 Å². The number of fused-ring (bicyclic) bond motifs is 1. The summed E-state index contributed by atoms with van der Waals surface area (Å²) in [5.41, 5.74) is 1.10. The van der Waals surface area contributed by atoms with Crippen LogP contribution < -0.4 is 4.90 Å². The van der Waals surface area contributed by atoms with E-state index in [-0.39, 0.29) is 6.10 Å². The Balaban J connectivity index is 1.77. The number of thiazole rings is 1. The second kappa shape index (κ2) is 3.46. The molecule has 4 heteroatoms. The molecule has 82 valence electrons. The third kappa shape index (κ3) is 1.56. The molecule has 1 saturated carbocycles. The SMILES string of the molecule is Cc1csc(N2CC3CCC(O)C3C2)n1. The largest absolute Gasteiger partial charge is 0.393 e. The van der Waals surface area contributed by atoms with Gasteiger partial charge >= 0.3 is 0 Å². The van der Waals surface area contributed by atoms with Crippen LogP contribution in [0.2, 0.25) is 0 Å². The number of hydrogen-bond acceptors (Lipinski definition) is 4. The van der Waals surface area contributed by atoms with Gasteiger partial charge in [-0.05, 0) is 25.7 Å². The summed E-state index contributed by atoms with van der Waals surface area (Å²) in [5.74, 6) is 1.19. The van der Waals surface area contributed by atoms with Crippen molar-refractivity contribution in [2.45, 2.75) is 25.9 Å². The fourth-order valence-corrected chi connectivity index (χ4v) is 3.70. The molecule has 0 radical (unpaired) electrons. The highest BCUT2D eigenvalue weighted by Crippen LogP contribution is 2.40. The highest BCUT2D eigenvalue weighted by molar-refractivity contribution is 7.13. The van der Waals surface area contributed by atoms with Gasteiger partial charge in [0.15, 0.2) is 5.13 Å². The first kappa shape index (κ1) is 9.60. The second-order valence-corrected chi connectivity index (χ2v) is 5.58. The molecule has 3 atom stereocenters. The van der Waals surface area contributed by atoms with Crippen molar-refractivity contribution in [3.8, 4) is 0 Å². The predicted molar refractivity (Wildman–Crippen MR) is 61.3 cm³/mol. The molecule has 1 aliphatic carbocycles. The number of aliphatic hydroxyl groups excluding tert-OH is 1. The Kier molecular flexibility index (Phi) is 2.21. The van der Waals surface area contributed by atoms with Gasteiger partial charge in [-0.15, -0.1) is 11.3 Å². The minimum absolute atomic E-state index is 0.0685. The molecule has 1 aromatic rings. The summed E-state index contributed by atoms with van der Waals surface area (Å²) in [4.78, 5) is 6.85. The monoisotopic (exact) mass is 224 g/mol. The molecular weight excluding hydrogens is 208 g/mol. The summed E-state index contributed by atoms with van der Waals surface area (Å²) < 4.78 is 0. The maximum Gasteiger partial charge on any atom is 0.185 e. The Morgan fingerprint density at radius 1 is 1.47 bits per heavy atom. The Labute approximate surface area is 93.8 Å². The van der Waals surface area contributed by atoms with Crippen LogP contribution in [0, 0.1) is 18.8 Å². The zero-order valence-corrected chi connectivity index (χ0v) is 9.70. The van der Waals surface area contributed by atoms with Crippen molar-refractivity contribution < 1.29 is 5.11 Å². The van der Waals surface area contributed by atoms with E-state index in [2.05, 4.69) is 15.3 Å². The molecule has 3 nitrogen and oxygen atoms in total. The lowest BCUT2D eigenvalue weighted by atomic mass is 10.00. The topological polar surface area (TPSA) is 36.4 Å². The molecule has 1 aliphatic heterocycles. The van der Waals surface area contributed by atoms with Crippen molar-refractivity contribution in [3.05, 3.63) is 11.1 Å². The van der Waals surface area contributed by atoms with Crippen LogP contribution in [0.15, 0.2) is 5.38 Å². The summed E-state index contributed by atoms with van der Waals surface area (Å²) in [6.45, 7) is 4.12. The fourth-order valence-electron chi connectivity index (χ4n) is 2.88. The number of aliphatic hydroxyl groups is 1. The van der Waals surface area contributed by atoms with Crippen LogP contribution in [0.4, 0.5) is 5.13 Å². The Morgan fingerprint density at radius 3 is 3.00 bits per heavy atom. The third-order valence-corrected chi connectivity index (χ3v) is 4.72. The van der Waals surface area contributed by atoms with Crippen molar-refractivity contribution in [1.29, 1.82) is 0 Å². The number of anilines is 1. The molecule has 1 N–H and O–H groups in total. The van der Waals surface area contributed by atoms with E-state index in [0.29, 0.717) is 11.8 Å². The molecule has 2 aliphatic rings. The van der Waals surface area contributed by atoms with Crippen LogP contribution >= 0.6 is 11.3 Å². The standard InChI is InChI=1S/C11H16N2OS/c1-7-6-15-11(12-7)13-4-8-2-3-10(14)9(8)5-13/h6,8-10,14H,2-5H2,1H3. The van der Waals surface area contributed by atoms with E-state index >= 15 is 0 Å². The summed E-state index contributed by atoms with van der Waals surface area (Å²) in [5, 5.41) is 13.1. The minimum atomic E-state index is -0.0685. The van der Waals surface area contributed by atoms with Crippen molar-refractivity contribution in [3.63, 3.8) is 0 Å². The zero-order valence-electron chi connectivity index (χ0n) is 8.89. The second-order valence-electron chi connectivity index (χ2n) is 4.75. The first-order valence-corrected chi connectivity index (χ1v) is 6.47. The molecule has 3 rings (SSSR count). The van der Waals surface area contributed by atoms with Gasteiger partial charge in [-0.25, -0.2) is 4.98 Å². The van der Waals surface area contributed by atoms with Gasteiger partial charge in [0.25, 0.3) is 0 Å². The molecule has 0 aromatic carbocycles. The van der Waals surface area contributed by atoms with E-state index in [1.165, 1.54) is 6.42 Å². The van der Waals surface area contributed by atoms with Crippen LogP contribution in [0.3, 0.4) is 0 Å². The zero-order chi connectivity index (χ0) is 10.4. The van der Waals surface area contributed by atoms with Crippen molar-refractivity contribution >= 4 is 16.5 Å². The van der Waals surface area contributed by atoms with Gasteiger partial charge in [0, 0.05) is 24.4 Å². The van der Waals surface area contributed by atoms with Gasteiger partial charge in [0.2, 0.25) is 0 Å². The van der Waals surface area contributed by atoms with Gasteiger partial charge < -0.3 is 10.0 Å². The highest BCUT2D eigenvalue weighted by Gasteiger charge is 2.42. The molecular formula is C11H16N2OS. The Morgan fingerprint density at radius 2 is 2.33 bits per heavy atom. The summed E-state index contributed by atoms with van der Waals surface area (Å²) in [6, 6.07) is 0. The third-order valence-electron chi connectivity index (χ3n) is 3.70. The molecule has 1 aromatic heterocycles. The fraction of sp³-hybridized carbons (Fsp3) is 0.727. The van der Waals surface area contributed by atoms with E-state index < -0.39 is 0 Å². The van der Waals surface area contributed by atoms with E-state index in [4.69, 9.17) is 0 Å². The molecule has 0 bridgehead atoms. The van der Waals surface area contributed by atoms with Crippen molar-refractivity contribution in [2.24, 2.45) is 11.8 Å². The number of aryl methyl sites for hydroxylation is 1. The van der Waals surface area contributed by atoms with Crippen molar-refractivity contribution in [1.82, 2.24) is 4.98 Å². The molecule has 0 spiro atoms. The number of hydrogen-bond donors (Lipinski definition) is 1. The molecule has 2 heterocycles. The van der Waals surface area contributed by atoms with Gasteiger partial charge in [0.05, 0.1) is 11.8 Å². The van der Waals surface area contributed by atoms with E-state index in [1.807, 2.05) is 6.92 Å². The van der Waals surface area contributed by atoms with Gasteiger partial charge in [-0.1, -0.05) is 0 Å². The number of nitrogens with zero attached hydrogens (tertiary/aromatic N) is 2.